The van der Waals surface area contributed by atoms with Crippen molar-refractivity contribution in [2.75, 3.05) is 5.32 Å². The molecule has 0 saturated carbocycles. The molecular formula is C22H16BrCl2N3O2S. The van der Waals surface area contributed by atoms with Crippen molar-refractivity contribution in [3.05, 3.63) is 96.7 Å². The monoisotopic (exact) mass is 535 g/mol. The second-order valence-electron chi connectivity index (χ2n) is 6.67. The molecule has 0 atom stereocenters. The Bertz CT molecular complexity index is 1190. The zero-order valence-corrected chi connectivity index (χ0v) is 19.9. The number of nitrogens with one attached hydrogen (secondary N) is 1. The molecule has 2 aromatic carbocycles. The Balaban J connectivity index is 1.36. The van der Waals surface area contributed by atoms with Gasteiger partial charge in [-0.05, 0) is 53.4 Å². The maximum atomic E-state index is 12.6. The van der Waals surface area contributed by atoms with Crippen molar-refractivity contribution in [3.8, 4) is 5.75 Å². The molecule has 0 aliphatic carbocycles. The zero-order chi connectivity index (χ0) is 21.8. The number of rotatable bonds is 7. The van der Waals surface area contributed by atoms with Gasteiger partial charge in [-0.15, -0.1) is 11.3 Å². The molecule has 1 amide bonds. The van der Waals surface area contributed by atoms with Gasteiger partial charge in [0.15, 0.2) is 5.82 Å². The van der Waals surface area contributed by atoms with Gasteiger partial charge in [0.2, 0.25) is 0 Å². The maximum absolute atomic E-state index is 12.6. The van der Waals surface area contributed by atoms with E-state index >= 15 is 0 Å². The number of hydrogen-bond donors (Lipinski definition) is 1. The lowest BCUT2D eigenvalue weighted by molar-refractivity contribution is 0.103. The summed E-state index contributed by atoms with van der Waals surface area (Å²) in [5.74, 6) is 0.777. The van der Waals surface area contributed by atoms with Crippen molar-refractivity contribution in [1.29, 1.82) is 0 Å². The molecule has 4 aromatic rings. The van der Waals surface area contributed by atoms with Gasteiger partial charge in [0, 0.05) is 21.3 Å². The van der Waals surface area contributed by atoms with Crippen LogP contribution in [0.1, 0.15) is 20.8 Å². The van der Waals surface area contributed by atoms with Gasteiger partial charge in [0.1, 0.15) is 17.4 Å². The molecule has 0 unspecified atom stereocenters. The fourth-order valence-corrected chi connectivity index (χ4v) is 4.16. The number of aromatic nitrogens is 2. The third-order valence-electron chi connectivity index (χ3n) is 4.30. The number of hydrogen-bond acceptors (Lipinski definition) is 4. The number of carbonyl (C=O) groups is 1. The number of nitrogens with zero attached hydrogens (tertiary/aromatic N) is 2. The number of benzene rings is 2. The summed E-state index contributed by atoms with van der Waals surface area (Å²) in [5.41, 5.74) is 1.97. The predicted octanol–water partition coefficient (Wildman–Crippen LogP) is 6.89. The molecule has 5 nitrogen and oxygen atoms in total. The standard InChI is InChI=1S/C22H16BrCl2N3O2S/c23-16-3-1-14(2-4-16)10-28-11-19(25)21(27-28)26-22(29)20-9-15(13-31-20)12-30-18-7-5-17(24)6-8-18/h1-9,11,13H,10,12H2,(H,26,27,29). The highest BCUT2D eigenvalue weighted by Gasteiger charge is 2.15. The first-order valence-corrected chi connectivity index (χ1v) is 11.6. The molecule has 1 N–H and O–H groups in total. The van der Waals surface area contributed by atoms with Crippen LogP contribution < -0.4 is 10.1 Å². The van der Waals surface area contributed by atoms with Gasteiger partial charge in [-0.2, -0.15) is 5.10 Å². The van der Waals surface area contributed by atoms with Crippen LogP contribution in [0.2, 0.25) is 10.0 Å². The van der Waals surface area contributed by atoms with Crippen molar-refractivity contribution in [2.45, 2.75) is 13.2 Å². The topological polar surface area (TPSA) is 56.2 Å². The maximum Gasteiger partial charge on any atom is 0.266 e. The molecule has 4 rings (SSSR count). The number of halogens is 3. The van der Waals surface area contributed by atoms with E-state index in [1.54, 1.807) is 41.2 Å². The smallest absolute Gasteiger partial charge is 0.266 e. The van der Waals surface area contributed by atoms with Gasteiger partial charge in [0.05, 0.1) is 11.4 Å². The Morgan fingerprint density at radius 2 is 1.84 bits per heavy atom. The molecule has 0 aliphatic heterocycles. The summed E-state index contributed by atoms with van der Waals surface area (Å²) < 4.78 is 8.43. The van der Waals surface area contributed by atoms with Crippen LogP contribution in [0, 0.1) is 0 Å². The van der Waals surface area contributed by atoms with Gasteiger partial charge < -0.3 is 10.1 Å². The van der Waals surface area contributed by atoms with Crippen LogP contribution in [0.15, 0.2) is 70.6 Å². The largest absolute Gasteiger partial charge is 0.489 e. The first kappa shape index (κ1) is 21.9. The van der Waals surface area contributed by atoms with E-state index in [1.807, 2.05) is 29.6 Å². The summed E-state index contributed by atoms with van der Waals surface area (Å²) in [6.45, 7) is 0.905. The Morgan fingerprint density at radius 1 is 1.10 bits per heavy atom. The lowest BCUT2D eigenvalue weighted by Crippen LogP contribution is -2.11. The molecule has 9 heteroatoms. The number of anilines is 1. The van der Waals surface area contributed by atoms with E-state index in [9.17, 15) is 4.79 Å². The molecule has 0 radical (unpaired) electrons. The van der Waals surface area contributed by atoms with Crippen molar-refractivity contribution >= 4 is 62.2 Å². The highest BCUT2D eigenvalue weighted by molar-refractivity contribution is 9.10. The fourth-order valence-electron chi connectivity index (χ4n) is 2.78. The van der Waals surface area contributed by atoms with Crippen LogP contribution in [0.4, 0.5) is 5.82 Å². The Kier molecular flexibility index (Phi) is 6.97. The third-order valence-corrected chi connectivity index (χ3v) is 6.34. The van der Waals surface area contributed by atoms with E-state index in [2.05, 4.69) is 26.3 Å². The Labute approximate surface area is 201 Å². The molecule has 158 valence electrons. The van der Waals surface area contributed by atoms with Crippen LogP contribution in [0.25, 0.3) is 0 Å². The summed E-state index contributed by atoms with van der Waals surface area (Å²) in [4.78, 5) is 13.2. The van der Waals surface area contributed by atoms with Crippen molar-refractivity contribution < 1.29 is 9.53 Å². The van der Waals surface area contributed by atoms with Crippen LogP contribution in [0.3, 0.4) is 0 Å². The van der Waals surface area contributed by atoms with Gasteiger partial charge >= 0.3 is 0 Å². The summed E-state index contributed by atoms with van der Waals surface area (Å²) in [7, 11) is 0. The molecule has 0 spiro atoms. The third kappa shape index (κ3) is 5.89. The molecule has 0 saturated heterocycles. The van der Waals surface area contributed by atoms with Gasteiger partial charge in [-0.25, -0.2) is 0 Å². The molecule has 0 aliphatic rings. The summed E-state index contributed by atoms with van der Waals surface area (Å²) >= 11 is 16.9. The molecule has 2 heterocycles. The molecular weight excluding hydrogens is 521 g/mol. The Morgan fingerprint density at radius 3 is 2.58 bits per heavy atom. The minimum absolute atomic E-state index is 0.265. The summed E-state index contributed by atoms with van der Waals surface area (Å²) in [5, 5.41) is 10.1. The number of carbonyl (C=O) groups excluding carboxylic acids is 1. The van der Waals surface area contributed by atoms with E-state index in [4.69, 9.17) is 27.9 Å². The SMILES string of the molecule is O=C(Nc1nn(Cc2ccc(Br)cc2)cc1Cl)c1cc(COc2ccc(Cl)cc2)cs1. The molecule has 0 fully saturated rings. The second kappa shape index (κ2) is 9.87. The van der Waals surface area contributed by atoms with Crippen LogP contribution in [-0.2, 0) is 13.2 Å². The normalized spacial score (nSPS) is 10.8. The van der Waals surface area contributed by atoms with Crippen molar-refractivity contribution in [3.63, 3.8) is 0 Å². The van der Waals surface area contributed by atoms with E-state index in [1.165, 1.54) is 11.3 Å². The number of thiophene rings is 1. The number of ether oxygens (including phenoxy) is 1. The fraction of sp³-hybridized carbons (Fsp3) is 0.0909. The van der Waals surface area contributed by atoms with E-state index in [0.717, 1.165) is 15.6 Å². The average molecular weight is 537 g/mol. The highest BCUT2D eigenvalue weighted by Crippen LogP contribution is 2.24. The van der Waals surface area contributed by atoms with Crippen molar-refractivity contribution in [2.24, 2.45) is 0 Å². The second-order valence-corrected chi connectivity index (χ2v) is 9.34. The lowest BCUT2D eigenvalue weighted by atomic mass is 10.2. The van der Waals surface area contributed by atoms with Crippen LogP contribution >= 0.6 is 50.5 Å². The minimum atomic E-state index is -0.265. The van der Waals surface area contributed by atoms with Gasteiger partial charge in [-0.1, -0.05) is 51.3 Å². The number of amides is 1. The summed E-state index contributed by atoms with van der Waals surface area (Å²) in [6, 6.07) is 16.9. The molecule has 0 bridgehead atoms. The highest BCUT2D eigenvalue weighted by atomic mass is 79.9. The average Bonchev–Trinajstić information content (AvgIpc) is 3.36. The molecule has 2 aromatic heterocycles. The summed E-state index contributed by atoms with van der Waals surface area (Å²) in [6.07, 6.45) is 1.69. The van der Waals surface area contributed by atoms with Gasteiger partial charge in [0.25, 0.3) is 5.91 Å². The minimum Gasteiger partial charge on any atom is -0.489 e. The Hall–Kier alpha value is -2.32. The first-order chi connectivity index (χ1) is 15.0. The van der Waals surface area contributed by atoms with E-state index in [0.29, 0.717) is 39.6 Å². The lowest BCUT2D eigenvalue weighted by Gasteiger charge is -2.04. The molecule has 31 heavy (non-hydrogen) atoms. The van der Waals surface area contributed by atoms with Gasteiger partial charge in [-0.3, -0.25) is 9.48 Å². The quantitative estimate of drug-likeness (QED) is 0.279. The van der Waals surface area contributed by atoms with E-state index < -0.39 is 0 Å². The van der Waals surface area contributed by atoms with Crippen LogP contribution in [-0.4, -0.2) is 15.7 Å². The van der Waals surface area contributed by atoms with E-state index in [-0.39, 0.29) is 5.91 Å². The predicted molar refractivity (Wildman–Crippen MR) is 129 cm³/mol. The van der Waals surface area contributed by atoms with Crippen LogP contribution in [0.5, 0.6) is 5.75 Å². The first-order valence-electron chi connectivity index (χ1n) is 9.21. The zero-order valence-electron chi connectivity index (χ0n) is 16.0. The van der Waals surface area contributed by atoms with Crippen molar-refractivity contribution in [1.82, 2.24) is 9.78 Å².